The number of unbranched alkanes of at least 4 members (excludes halogenated alkanes) is 32. The molecule has 482 valence electrons. The number of aliphatic imine (C=N–C) groups is 2. The molecule has 0 heterocycles. The molecule has 0 radical (unpaired) electrons. The predicted octanol–water partition coefficient (Wildman–Crippen LogP) is 23.3. The van der Waals surface area contributed by atoms with E-state index >= 15 is 0 Å². The molecule has 0 atom stereocenters. The highest BCUT2D eigenvalue weighted by molar-refractivity contribution is 5.93. The van der Waals surface area contributed by atoms with Gasteiger partial charge in [0.2, 0.25) is 0 Å². The molecule has 5 aromatic carbocycles. The largest absolute Gasteiger partial charge is 0.490 e. The molecule has 0 N–H and O–H groups in total. The Morgan fingerprint density at radius 1 is 0.295 bits per heavy atom. The third-order valence-electron chi connectivity index (χ3n) is 16.1. The van der Waals surface area contributed by atoms with Gasteiger partial charge in [0.05, 0.1) is 48.9 Å². The Kier molecular flexibility index (Phi) is 39.1. The summed E-state index contributed by atoms with van der Waals surface area (Å²) in [6.07, 6.45) is 48.4. The molecule has 0 unspecified atom stereocenters. The Balaban J connectivity index is 1.07. The first-order valence-electron chi connectivity index (χ1n) is 35.0. The van der Waals surface area contributed by atoms with E-state index in [1.54, 1.807) is 61.0 Å². The number of hydrogen-bond acceptors (Lipinski definition) is 10. The summed E-state index contributed by atoms with van der Waals surface area (Å²) in [4.78, 5) is 36.3. The standard InChI is InChI=1S/C78H112N2O8/c1-5-9-13-17-21-25-29-33-37-57-83-73-55-45-67(61-75(73)85-59-39-35-31-27-23-19-15-11-7-3)77(81)87-71-51-47-69(48-52-71)79-63-65-41-43-66(44-42-65)64-80-70-49-53-72(54-50-70)88-78(82)68-46-56-74(84-58-38-34-30-26-22-18-14-10-6-2)76(62-68)86-60-40-36-32-28-24-20-16-12-8-4/h41-56,61-64H,5-40,57-60H2,1-4H3. The molecule has 10 heteroatoms. The molecule has 0 bridgehead atoms. The summed E-state index contributed by atoms with van der Waals surface area (Å²) in [5, 5.41) is 0. The number of ether oxygens (including phenoxy) is 6. The van der Waals surface area contributed by atoms with Crippen LogP contribution in [-0.2, 0) is 0 Å². The number of carbonyl (C=O) groups is 2. The van der Waals surface area contributed by atoms with Gasteiger partial charge in [-0.2, -0.15) is 0 Å². The van der Waals surface area contributed by atoms with Crippen LogP contribution >= 0.6 is 0 Å². The van der Waals surface area contributed by atoms with Crippen LogP contribution in [0.2, 0.25) is 0 Å². The van der Waals surface area contributed by atoms with E-state index < -0.39 is 11.9 Å². The molecule has 0 fully saturated rings. The first kappa shape index (κ1) is 72.3. The summed E-state index contributed by atoms with van der Waals surface area (Å²) < 4.78 is 36.7. The van der Waals surface area contributed by atoms with Crippen molar-refractivity contribution in [3.63, 3.8) is 0 Å². The second-order valence-corrected chi connectivity index (χ2v) is 24.0. The number of esters is 2. The quantitative estimate of drug-likeness (QED) is 0.0164. The highest BCUT2D eigenvalue weighted by Gasteiger charge is 2.17. The van der Waals surface area contributed by atoms with E-state index in [1.165, 1.54) is 180 Å². The minimum absolute atomic E-state index is 0.409. The van der Waals surface area contributed by atoms with Crippen molar-refractivity contribution < 1.29 is 38.0 Å². The first-order chi connectivity index (χ1) is 43.4. The summed E-state index contributed by atoms with van der Waals surface area (Å²) in [5.74, 6) is 2.45. The number of hydrogen-bond donors (Lipinski definition) is 0. The maximum atomic E-state index is 13.5. The number of carbonyl (C=O) groups excluding carboxylic acids is 2. The van der Waals surface area contributed by atoms with Crippen LogP contribution in [0.4, 0.5) is 11.4 Å². The fourth-order valence-electron chi connectivity index (χ4n) is 10.6. The maximum absolute atomic E-state index is 13.5. The molecule has 0 aliphatic rings. The van der Waals surface area contributed by atoms with E-state index in [-0.39, 0.29) is 0 Å². The minimum atomic E-state index is -0.460. The van der Waals surface area contributed by atoms with Crippen LogP contribution in [0.5, 0.6) is 34.5 Å². The van der Waals surface area contributed by atoms with Crippen LogP contribution in [0, 0.1) is 0 Å². The van der Waals surface area contributed by atoms with Crippen LogP contribution in [0.15, 0.2) is 119 Å². The lowest BCUT2D eigenvalue weighted by Gasteiger charge is -2.14. The molecule has 0 amide bonds. The van der Waals surface area contributed by atoms with E-state index in [0.717, 1.165) is 73.9 Å². The topological polar surface area (TPSA) is 114 Å². The first-order valence-corrected chi connectivity index (χ1v) is 35.0. The molecule has 0 aliphatic carbocycles. The Morgan fingerprint density at radius 2 is 0.545 bits per heavy atom. The highest BCUT2D eigenvalue weighted by atomic mass is 16.5. The van der Waals surface area contributed by atoms with Gasteiger partial charge in [0.15, 0.2) is 23.0 Å². The van der Waals surface area contributed by atoms with E-state index in [2.05, 4.69) is 37.7 Å². The minimum Gasteiger partial charge on any atom is -0.490 e. The van der Waals surface area contributed by atoms with Gasteiger partial charge in [0, 0.05) is 12.4 Å². The van der Waals surface area contributed by atoms with Crippen molar-refractivity contribution >= 4 is 35.7 Å². The molecule has 10 nitrogen and oxygen atoms in total. The summed E-state index contributed by atoms with van der Waals surface area (Å²) in [6, 6.07) is 33.0. The van der Waals surface area contributed by atoms with Gasteiger partial charge in [-0.25, -0.2) is 9.59 Å². The van der Waals surface area contributed by atoms with Crippen molar-refractivity contribution in [2.45, 2.75) is 259 Å². The van der Waals surface area contributed by atoms with Gasteiger partial charge in [-0.3, -0.25) is 9.98 Å². The molecule has 0 saturated carbocycles. The second kappa shape index (κ2) is 47.6. The molecule has 5 rings (SSSR count). The average molecular weight is 1210 g/mol. The van der Waals surface area contributed by atoms with E-state index in [4.69, 9.17) is 28.4 Å². The Morgan fingerprint density at radius 3 is 0.818 bits per heavy atom. The number of rotatable bonds is 52. The van der Waals surface area contributed by atoms with Gasteiger partial charge in [0.1, 0.15) is 11.5 Å². The third kappa shape index (κ3) is 32.2. The van der Waals surface area contributed by atoms with Crippen molar-refractivity contribution in [2.24, 2.45) is 9.98 Å². The van der Waals surface area contributed by atoms with E-state index in [9.17, 15) is 9.59 Å². The van der Waals surface area contributed by atoms with Crippen molar-refractivity contribution in [3.8, 4) is 34.5 Å². The molecule has 88 heavy (non-hydrogen) atoms. The van der Waals surface area contributed by atoms with Crippen molar-refractivity contribution in [3.05, 3.63) is 131 Å². The normalized spacial score (nSPS) is 11.4. The van der Waals surface area contributed by atoms with Crippen molar-refractivity contribution in [1.29, 1.82) is 0 Å². The van der Waals surface area contributed by atoms with Crippen LogP contribution in [-0.4, -0.2) is 50.8 Å². The van der Waals surface area contributed by atoms with Gasteiger partial charge in [-0.1, -0.05) is 257 Å². The van der Waals surface area contributed by atoms with Crippen LogP contribution in [0.3, 0.4) is 0 Å². The fraction of sp³-hybridized carbons (Fsp3) is 0.564. The summed E-state index contributed by atoms with van der Waals surface area (Å²) in [5.41, 5.74) is 4.10. The summed E-state index contributed by atoms with van der Waals surface area (Å²) in [7, 11) is 0. The second-order valence-electron chi connectivity index (χ2n) is 24.0. The molecular weight excluding hydrogens is 1090 g/mol. The van der Waals surface area contributed by atoms with Gasteiger partial charge in [-0.05, 0) is 122 Å². The zero-order chi connectivity index (χ0) is 62.2. The van der Waals surface area contributed by atoms with Crippen molar-refractivity contribution in [2.75, 3.05) is 26.4 Å². The molecule has 0 spiro atoms. The Hall–Kier alpha value is -6.42. The maximum Gasteiger partial charge on any atom is 0.343 e. The van der Waals surface area contributed by atoms with Crippen LogP contribution in [0.1, 0.15) is 291 Å². The Labute approximate surface area is 532 Å². The molecule has 0 aliphatic heterocycles. The van der Waals surface area contributed by atoms with Gasteiger partial charge in [-0.15, -0.1) is 0 Å². The Bertz CT molecular complexity index is 2460. The molecule has 5 aromatic rings. The molecular formula is C78H112N2O8. The molecule has 0 aromatic heterocycles. The lowest BCUT2D eigenvalue weighted by atomic mass is 10.1. The summed E-state index contributed by atoms with van der Waals surface area (Å²) >= 11 is 0. The zero-order valence-corrected chi connectivity index (χ0v) is 55.0. The third-order valence-corrected chi connectivity index (χ3v) is 16.1. The van der Waals surface area contributed by atoms with Gasteiger partial charge in [0.25, 0.3) is 0 Å². The fourth-order valence-corrected chi connectivity index (χ4v) is 10.6. The van der Waals surface area contributed by atoms with Gasteiger partial charge < -0.3 is 28.4 Å². The summed E-state index contributed by atoms with van der Waals surface area (Å²) in [6.45, 7) is 11.4. The van der Waals surface area contributed by atoms with E-state index in [1.807, 2.05) is 60.7 Å². The lowest BCUT2D eigenvalue weighted by Crippen LogP contribution is -2.10. The zero-order valence-electron chi connectivity index (χ0n) is 55.0. The van der Waals surface area contributed by atoms with Crippen molar-refractivity contribution in [1.82, 2.24) is 0 Å². The number of benzene rings is 5. The SMILES string of the molecule is CCCCCCCCCCCOc1ccc(C(=O)Oc2ccc(N=Cc3ccc(C=Nc4ccc(OC(=O)c5ccc(OCCCCCCCCCCC)c(OCCCCCCCCCCC)c5)cc4)cc3)cc2)cc1OCCCCCCCCCCC. The average Bonchev–Trinajstić information content (AvgIpc) is 3.50. The lowest BCUT2D eigenvalue weighted by molar-refractivity contribution is 0.0724. The highest BCUT2D eigenvalue weighted by Crippen LogP contribution is 2.32. The van der Waals surface area contributed by atoms with Crippen LogP contribution in [0.25, 0.3) is 0 Å². The predicted molar refractivity (Wildman–Crippen MR) is 368 cm³/mol. The van der Waals surface area contributed by atoms with Crippen LogP contribution < -0.4 is 28.4 Å². The number of nitrogens with zero attached hydrogens (tertiary/aromatic N) is 2. The molecule has 0 saturated heterocycles. The van der Waals surface area contributed by atoms with E-state index in [0.29, 0.717) is 72.1 Å². The van der Waals surface area contributed by atoms with Gasteiger partial charge >= 0.3 is 11.9 Å². The smallest absolute Gasteiger partial charge is 0.343 e. The monoisotopic (exact) mass is 1200 g/mol.